The van der Waals surface area contributed by atoms with E-state index in [9.17, 15) is 13.9 Å². The number of hydrogen-bond acceptors (Lipinski definition) is 4. The maximum Gasteiger partial charge on any atom is 0.168 e. The van der Waals surface area contributed by atoms with E-state index in [1.807, 2.05) is 28.8 Å². The maximum atomic E-state index is 13.8. The number of nitrogens with zero attached hydrogens (tertiary/aromatic N) is 2. The second kappa shape index (κ2) is 8.33. The van der Waals surface area contributed by atoms with Crippen molar-refractivity contribution >= 4 is 11.8 Å². The van der Waals surface area contributed by atoms with Gasteiger partial charge in [-0.3, -0.25) is 0 Å². The third-order valence-electron chi connectivity index (χ3n) is 3.99. The summed E-state index contributed by atoms with van der Waals surface area (Å²) in [7, 11) is 1.59. The summed E-state index contributed by atoms with van der Waals surface area (Å²) in [5.74, 6) is -0.335. The first kappa shape index (κ1) is 18.4. The Kier molecular flexibility index (Phi) is 5.90. The lowest BCUT2D eigenvalue weighted by Gasteiger charge is -2.13. The van der Waals surface area contributed by atoms with Crippen molar-refractivity contribution in [3.8, 4) is 5.75 Å². The van der Waals surface area contributed by atoms with Crippen molar-refractivity contribution < 1.29 is 18.6 Å². The number of para-hydroxylation sites is 1. The fraction of sp³-hybridized carbons (Fsp3) is 0.211. The number of thioether (sulfide) groups is 1. The van der Waals surface area contributed by atoms with Gasteiger partial charge in [-0.05, 0) is 18.2 Å². The number of halogens is 2. The molecule has 0 saturated carbocycles. The van der Waals surface area contributed by atoms with Crippen LogP contribution in [0.15, 0.2) is 53.8 Å². The van der Waals surface area contributed by atoms with E-state index in [4.69, 9.17) is 4.74 Å². The molecular weight excluding hydrogens is 358 g/mol. The zero-order chi connectivity index (χ0) is 18.5. The third kappa shape index (κ3) is 3.89. The van der Waals surface area contributed by atoms with Crippen LogP contribution >= 0.6 is 11.8 Å². The first-order chi connectivity index (χ1) is 12.6. The van der Waals surface area contributed by atoms with Crippen LogP contribution in [0.4, 0.5) is 8.78 Å². The molecule has 0 amide bonds. The summed E-state index contributed by atoms with van der Waals surface area (Å²) in [6.07, 6.45) is 1.56. The first-order valence-electron chi connectivity index (χ1n) is 7.97. The molecule has 1 aromatic heterocycles. The van der Waals surface area contributed by atoms with Gasteiger partial charge in [0.25, 0.3) is 0 Å². The number of imidazole rings is 1. The van der Waals surface area contributed by atoms with Crippen molar-refractivity contribution in [1.29, 1.82) is 0 Å². The molecule has 4 nitrogen and oxygen atoms in total. The summed E-state index contributed by atoms with van der Waals surface area (Å²) in [5, 5.41) is 10.2. The lowest BCUT2D eigenvalue weighted by atomic mass is 10.2. The van der Waals surface area contributed by atoms with Crippen molar-refractivity contribution in [1.82, 2.24) is 9.55 Å². The van der Waals surface area contributed by atoms with Gasteiger partial charge in [0.2, 0.25) is 0 Å². The van der Waals surface area contributed by atoms with Gasteiger partial charge in [-0.2, -0.15) is 0 Å². The minimum atomic E-state index is -0.581. The van der Waals surface area contributed by atoms with E-state index in [1.54, 1.807) is 13.3 Å². The van der Waals surface area contributed by atoms with Crippen molar-refractivity contribution in [2.75, 3.05) is 7.11 Å². The molecule has 136 valence electrons. The Hall–Kier alpha value is -2.38. The number of ether oxygens (including phenoxy) is 1. The molecule has 26 heavy (non-hydrogen) atoms. The molecule has 0 aliphatic carbocycles. The highest BCUT2D eigenvalue weighted by Gasteiger charge is 2.15. The Morgan fingerprint density at radius 3 is 2.54 bits per heavy atom. The Bertz CT molecular complexity index is 879. The fourth-order valence-electron chi connectivity index (χ4n) is 2.61. The molecule has 0 aliphatic rings. The Labute approximate surface area is 154 Å². The number of rotatable bonds is 7. The van der Waals surface area contributed by atoms with E-state index in [-0.39, 0.29) is 17.9 Å². The van der Waals surface area contributed by atoms with Crippen molar-refractivity contribution in [2.45, 2.75) is 24.1 Å². The molecule has 0 fully saturated rings. The molecule has 0 atom stereocenters. The minimum absolute atomic E-state index is 0.00916. The topological polar surface area (TPSA) is 47.3 Å². The Morgan fingerprint density at radius 2 is 1.85 bits per heavy atom. The zero-order valence-electron chi connectivity index (χ0n) is 14.2. The van der Waals surface area contributed by atoms with Gasteiger partial charge in [0.15, 0.2) is 5.16 Å². The number of aromatic nitrogens is 2. The summed E-state index contributed by atoms with van der Waals surface area (Å²) in [5.41, 5.74) is 1.55. The lowest BCUT2D eigenvalue weighted by molar-refractivity contribution is 0.270. The largest absolute Gasteiger partial charge is 0.496 e. The molecular formula is C19H18F2N2O2S. The zero-order valence-corrected chi connectivity index (χ0v) is 15.0. The van der Waals surface area contributed by atoms with Gasteiger partial charge in [0, 0.05) is 16.9 Å². The molecule has 2 aromatic carbocycles. The summed E-state index contributed by atoms with van der Waals surface area (Å²) >= 11 is 1.22. The SMILES string of the molecule is COc1ccccc1Cn1c(CO)cnc1SCc1c(F)cccc1F. The van der Waals surface area contributed by atoms with Crippen LogP contribution in [0.3, 0.4) is 0 Å². The van der Waals surface area contributed by atoms with Gasteiger partial charge in [-0.15, -0.1) is 0 Å². The molecule has 0 spiro atoms. The van der Waals surface area contributed by atoms with E-state index in [1.165, 1.54) is 30.0 Å². The van der Waals surface area contributed by atoms with Gasteiger partial charge in [-0.25, -0.2) is 13.8 Å². The van der Waals surface area contributed by atoms with Crippen LogP contribution in [-0.4, -0.2) is 21.8 Å². The highest BCUT2D eigenvalue weighted by atomic mass is 32.2. The average Bonchev–Trinajstić information content (AvgIpc) is 3.03. The van der Waals surface area contributed by atoms with E-state index in [2.05, 4.69) is 4.98 Å². The molecule has 7 heteroatoms. The van der Waals surface area contributed by atoms with Gasteiger partial charge in [0.05, 0.1) is 32.2 Å². The van der Waals surface area contributed by atoms with E-state index >= 15 is 0 Å². The second-order valence-corrected chi connectivity index (χ2v) is 6.52. The number of aliphatic hydroxyl groups excluding tert-OH is 1. The van der Waals surface area contributed by atoms with Crippen LogP contribution in [0.1, 0.15) is 16.8 Å². The number of hydrogen-bond donors (Lipinski definition) is 1. The second-order valence-electron chi connectivity index (χ2n) is 5.58. The highest BCUT2D eigenvalue weighted by molar-refractivity contribution is 7.98. The molecule has 0 bridgehead atoms. The average molecular weight is 376 g/mol. The van der Waals surface area contributed by atoms with E-state index in [0.29, 0.717) is 17.4 Å². The summed E-state index contributed by atoms with van der Waals surface area (Å²) < 4.78 is 34.9. The summed E-state index contributed by atoms with van der Waals surface area (Å²) in [6, 6.07) is 11.4. The molecule has 0 saturated heterocycles. The van der Waals surface area contributed by atoms with Gasteiger partial charge >= 0.3 is 0 Å². The Morgan fingerprint density at radius 1 is 1.12 bits per heavy atom. The van der Waals surface area contributed by atoms with E-state index in [0.717, 1.165) is 11.3 Å². The molecule has 1 heterocycles. The van der Waals surface area contributed by atoms with Crippen LogP contribution in [-0.2, 0) is 18.9 Å². The van der Waals surface area contributed by atoms with Crippen LogP contribution < -0.4 is 4.74 Å². The van der Waals surface area contributed by atoms with Crippen molar-refractivity contribution in [3.63, 3.8) is 0 Å². The molecule has 0 aliphatic heterocycles. The number of methoxy groups -OCH3 is 1. The van der Waals surface area contributed by atoms with Gasteiger partial charge in [-0.1, -0.05) is 36.0 Å². The van der Waals surface area contributed by atoms with Crippen LogP contribution in [0.25, 0.3) is 0 Å². The monoisotopic (exact) mass is 376 g/mol. The van der Waals surface area contributed by atoms with Gasteiger partial charge in [0.1, 0.15) is 17.4 Å². The predicted molar refractivity (Wildman–Crippen MR) is 96.2 cm³/mol. The molecule has 0 radical (unpaired) electrons. The predicted octanol–water partition coefficient (Wildman–Crippen LogP) is 4.00. The summed E-state index contributed by atoms with van der Waals surface area (Å²) in [4.78, 5) is 4.29. The van der Waals surface area contributed by atoms with Crippen molar-refractivity contribution in [3.05, 3.63) is 77.1 Å². The van der Waals surface area contributed by atoms with E-state index < -0.39 is 11.6 Å². The van der Waals surface area contributed by atoms with Crippen LogP contribution in [0.2, 0.25) is 0 Å². The molecule has 3 rings (SSSR count). The lowest BCUT2D eigenvalue weighted by Crippen LogP contribution is -2.07. The number of benzene rings is 2. The first-order valence-corrected chi connectivity index (χ1v) is 8.95. The highest BCUT2D eigenvalue weighted by Crippen LogP contribution is 2.28. The normalized spacial score (nSPS) is 10.9. The number of aliphatic hydroxyl groups is 1. The summed E-state index contributed by atoms with van der Waals surface area (Å²) in [6.45, 7) is 0.249. The maximum absolute atomic E-state index is 13.8. The third-order valence-corrected chi connectivity index (χ3v) is 5.01. The molecule has 1 N–H and O–H groups in total. The minimum Gasteiger partial charge on any atom is -0.496 e. The smallest absolute Gasteiger partial charge is 0.168 e. The van der Waals surface area contributed by atoms with Gasteiger partial charge < -0.3 is 14.4 Å². The van der Waals surface area contributed by atoms with Crippen LogP contribution in [0, 0.1) is 11.6 Å². The fourth-order valence-corrected chi connectivity index (χ4v) is 3.63. The standard InChI is InChI=1S/C19H18F2N2O2S/c1-25-18-8-3-2-5-13(18)10-23-14(11-24)9-22-19(23)26-12-15-16(20)6-4-7-17(15)21/h2-9,24H,10-12H2,1H3. The van der Waals surface area contributed by atoms with Crippen molar-refractivity contribution in [2.24, 2.45) is 0 Å². The Balaban J connectivity index is 1.86. The van der Waals surface area contributed by atoms with Crippen LogP contribution in [0.5, 0.6) is 5.75 Å². The molecule has 3 aromatic rings. The molecule has 0 unspecified atom stereocenters. The quantitative estimate of drug-likeness (QED) is 0.633.